The molecule has 0 saturated carbocycles. The van der Waals surface area contributed by atoms with Gasteiger partial charge in [0, 0.05) is 36.9 Å². The van der Waals surface area contributed by atoms with Gasteiger partial charge in [-0.15, -0.1) is 5.10 Å². The van der Waals surface area contributed by atoms with Crippen LogP contribution in [0.5, 0.6) is 0 Å². The van der Waals surface area contributed by atoms with Gasteiger partial charge in [-0.05, 0) is 57.9 Å². The molecule has 1 aromatic carbocycles. The molecular formula is C23H29F3N6O. The number of benzene rings is 1. The van der Waals surface area contributed by atoms with E-state index in [0.29, 0.717) is 36.0 Å². The van der Waals surface area contributed by atoms with Crippen molar-refractivity contribution in [3.63, 3.8) is 0 Å². The predicted octanol–water partition coefficient (Wildman–Crippen LogP) is 3.85. The molecule has 7 nitrogen and oxygen atoms in total. The number of fused-ring (bicyclic) bond motifs is 1. The van der Waals surface area contributed by atoms with Crippen molar-refractivity contribution in [3.05, 3.63) is 58.2 Å². The summed E-state index contributed by atoms with van der Waals surface area (Å²) in [5.41, 5.74) is 3.93. The Morgan fingerprint density at radius 2 is 1.82 bits per heavy atom. The number of hydrogen-bond donors (Lipinski definition) is 1. The fraction of sp³-hybridized carbons (Fsp3) is 0.478. The average molecular weight is 463 g/mol. The number of amides is 1. The minimum absolute atomic E-state index is 0.103. The van der Waals surface area contributed by atoms with Crippen LogP contribution in [-0.2, 0) is 30.5 Å². The van der Waals surface area contributed by atoms with Crippen molar-refractivity contribution in [2.45, 2.75) is 65.8 Å². The van der Waals surface area contributed by atoms with Crippen LogP contribution in [0.15, 0.2) is 24.3 Å². The summed E-state index contributed by atoms with van der Waals surface area (Å²) >= 11 is 0. The highest BCUT2D eigenvalue weighted by atomic mass is 19.4. The maximum absolute atomic E-state index is 13.0. The van der Waals surface area contributed by atoms with E-state index in [1.807, 2.05) is 18.2 Å². The topological polar surface area (TPSA) is 75.4 Å². The van der Waals surface area contributed by atoms with Crippen LogP contribution in [0.25, 0.3) is 5.78 Å². The molecule has 0 spiro atoms. The van der Waals surface area contributed by atoms with Crippen molar-refractivity contribution in [3.8, 4) is 0 Å². The number of carbonyl (C=O) groups excluding carboxylic acids is 1. The molecule has 1 amide bonds. The highest BCUT2D eigenvalue weighted by Gasteiger charge is 2.37. The lowest BCUT2D eigenvalue weighted by Crippen LogP contribution is -2.28. The Balaban J connectivity index is 1.66. The molecule has 0 aliphatic heterocycles. The fourth-order valence-corrected chi connectivity index (χ4v) is 3.55. The van der Waals surface area contributed by atoms with Gasteiger partial charge >= 0.3 is 6.18 Å². The van der Waals surface area contributed by atoms with Crippen molar-refractivity contribution < 1.29 is 18.0 Å². The number of hydrogen-bond acceptors (Lipinski definition) is 5. The Kier molecular flexibility index (Phi) is 7.36. The second-order valence-electron chi connectivity index (χ2n) is 8.46. The van der Waals surface area contributed by atoms with Crippen LogP contribution in [0, 0.1) is 13.8 Å². The summed E-state index contributed by atoms with van der Waals surface area (Å²) in [5, 5.41) is 6.50. The Morgan fingerprint density at radius 3 is 2.45 bits per heavy atom. The largest absolute Gasteiger partial charge is 0.453 e. The molecule has 0 aliphatic rings. The van der Waals surface area contributed by atoms with Crippen LogP contribution in [0.2, 0.25) is 0 Å². The molecule has 0 bridgehead atoms. The minimum Gasteiger partial charge on any atom is -0.352 e. The number of aryl methyl sites for hydroxylation is 2. The molecule has 10 heteroatoms. The smallest absolute Gasteiger partial charge is 0.352 e. The average Bonchev–Trinajstić information content (AvgIpc) is 3.17. The van der Waals surface area contributed by atoms with Crippen LogP contribution >= 0.6 is 0 Å². The third kappa shape index (κ3) is 5.87. The van der Waals surface area contributed by atoms with E-state index in [1.165, 1.54) is 0 Å². The molecule has 3 aromatic rings. The summed E-state index contributed by atoms with van der Waals surface area (Å²) < 4.78 is 39.9. The molecule has 0 radical (unpaired) electrons. The van der Waals surface area contributed by atoms with Crippen molar-refractivity contribution in [1.29, 1.82) is 0 Å². The van der Waals surface area contributed by atoms with Gasteiger partial charge in [-0.1, -0.05) is 24.3 Å². The first-order valence-electron chi connectivity index (χ1n) is 10.8. The van der Waals surface area contributed by atoms with Gasteiger partial charge in [0.15, 0.2) is 0 Å². The van der Waals surface area contributed by atoms with Crippen molar-refractivity contribution in [1.82, 2.24) is 29.8 Å². The number of rotatable bonds is 8. The van der Waals surface area contributed by atoms with Crippen LogP contribution in [-0.4, -0.2) is 43.5 Å². The Hall–Kier alpha value is -3.01. The summed E-state index contributed by atoms with van der Waals surface area (Å²) in [6.45, 7) is 8.81. The first-order chi connectivity index (χ1) is 15.5. The van der Waals surface area contributed by atoms with E-state index in [-0.39, 0.29) is 18.1 Å². The Labute approximate surface area is 191 Å². The summed E-state index contributed by atoms with van der Waals surface area (Å²) in [6, 6.07) is 8.39. The standard InChI is InChI=1S/C23H29F3N6O/c1-14(2)31(5)13-18-9-7-6-8-17(18)12-27-20(33)11-10-19-15(3)28-22-29-21(23(24,25)26)30-32(22)16(19)4/h6-9,14H,10-13H2,1-5H3,(H,27,33). The molecule has 33 heavy (non-hydrogen) atoms. The molecule has 0 saturated heterocycles. The molecule has 0 unspecified atom stereocenters. The van der Waals surface area contributed by atoms with E-state index >= 15 is 0 Å². The first kappa shape index (κ1) is 24.6. The normalized spacial score (nSPS) is 12.2. The number of nitrogens with one attached hydrogen (secondary N) is 1. The quantitative estimate of drug-likeness (QED) is 0.550. The lowest BCUT2D eigenvalue weighted by atomic mass is 10.1. The molecule has 178 valence electrons. The third-order valence-corrected chi connectivity index (χ3v) is 5.80. The third-order valence-electron chi connectivity index (χ3n) is 5.80. The Bertz CT molecular complexity index is 1140. The molecule has 1 N–H and O–H groups in total. The van der Waals surface area contributed by atoms with Gasteiger partial charge in [-0.3, -0.25) is 9.69 Å². The fourth-order valence-electron chi connectivity index (χ4n) is 3.55. The van der Waals surface area contributed by atoms with Crippen LogP contribution < -0.4 is 5.32 Å². The van der Waals surface area contributed by atoms with Crippen molar-refractivity contribution in [2.24, 2.45) is 0 Å². The minimum atomic E-state index is -4.64. The number of nitrogens with zero attached hydrogens (tertiary/aromatic N) is 5. The van der Waals surface area contributed by atoms with E-state index in [1.54, 1.807) is 13.8 Å². The summed E-state index contributed by atoms with van der Waals surface area (Å²) in [7, 11) is 2.06. The van der Waals surface area contributed by atoms with E-state index in [9.17, 15) is 18.0 Å². The molecular weight excluding hydrogens is 433 g/mol. The van der Waals surface area contributed by atoms with Crippen LogP contribution in [0.4, 0.5) is 13.2 Å². The molecule has 3 rings (SSSR count). The van der Waals surface area contributed by atoms with Gasteiger partial charge in [0.25, 0.3) is 11.6 Å². The number of alkyl halides is 3. The monoisotopic (exact) mass is 462 g/mol. The van der Waals surface area contributed by atoms with Crippen molar-refractivity contribution in [2.75, 3.05) is 7.05 Å². The van der Waals surface area contributed by atoms with Crippen molar-refractivity contribution >= 4 is 11.7 Å². The van der Waals surface area contributed by atoms with Gasteiger partial charge in [0.1, 0.15) is 0 Å². The van der Waals surface area contributed by atoms with Crippen LogP contribution in [0.1, 0.15) is 54.2 Å². The second kappa shape index (κ2) is 9.86. The summed E-state index contributed by atoms with van der Waals surface area (Å²) in [6.07, 6.45) is -4.12. The number of carbonyl (C=O) groups is 1. The van der Waals surface area contributed by atoms with Gasteiger partial charge in [-0.25, -0.2) is 9.50 Å². The zero-order valence-electron chi connectivity index (χ0n) is 19.5. The van der Waals surface area contributed by atoms with E-state index in [2.05, 4.69) is 52.2 Å². The van der Waals surface area contributed by atoms with Gasteiger partial charge < -0.3 is 5.32 Å². The summed E-state index contributed by atoms with van der Waals surface area (Å²) in [5.74, 6) is -1.47. The van der Waals surface area contributed by atoms with E-state index < -0.39 is 12.0 Å². The number of aromatic nitrogens is 4. The molecule has 0 aliphatic carbocycles. The molecule has 2 heterocycles. The molecule has 0 fully saturated rings. The SMILES string of the molecule is Cc1nc2nc(C(F)(F)F)nn2c(C)c1CCC(=O)NCc1ccccc1CN(C)C(C)C. The van der Waals surface area contributed by atoms with Gasteiger partial charge in [0.05, 0.1) is 0 Å². The highest BCUT2D eigenvalue weighted by Crippen LogP contribution is 2.27. The molecule has 2 aromatic heterocycles. The zero-order chi connectivity index (χ0) is 24.3. The maximum atomic E-state index is 13.0. The van der Waals surface area contributed by atoms with Crippen LogP contribution in [0.3, 0.4) is 0 Å². The zero-order valence-corrected chi connectivity index (χ0v) is 19.5. The maximum Gasteiger partial charge on any atom is 0.453 e. The summed E-state index contributed by atoms with van der Waals surface area (Å²) in [4.78, 5) is 22.4. The Morgan fingerprint density at radius 1 is 1.15 bits per heavy atom. The number of halogens is 3. The highest BCUT2D eigenvalue weighted by molar-refractivity contribution is 5.76. The van der Waals surface area contributed by atoms with E-state index in [4.69, 9.17) is 0 Å². The second-order valence-corrected chi connectivity index (χ2v) is 8.46. The molecule has 0 atom stereocenters. The van der Waals surface area contributed by atoms with Gasteiger partial charge in [-0.2, -0.15) is 18.2 Å². The lowest BCUT2D eigenvalue weighted by Gasteiger charge is -2.22. The first-order valence-corrected chi connectivity index (χ1v) is 10.8. The van der Waals surface area contributed by atoms with Gasteiger partial charge in [0.2, 0.25) is 5.91 Å². The lowest BCUT2D eigenvalue weighted by molar-refractivity contribution is -0.144. The predicted molar refractivity (Wildman–Crippen MR) is 118 cm³/mol. The van der Waals surface area contributed by atoms with E-state index in [0.717, 1.165) is 22.2 Å².